The summed E-state index contributed by atoms with van der Waals surface area (Å²) in [5.74, 6) is 0.617. The van der Waals surface area contributed by atoms with E-state index in [-0.39, 0.29) is 17.4 Å². The predicted octanol–water partition coefficient (Wildman–Crippen LogP) is 4.99. The number of amides is 1. The van der Waals surface area contributed by atoms with Gasteiger partial charge in [-0.3, -0.25) is 9.59 Å². The molecule has 1 amide bonds. The molecule has 4 aromatic rings. The van der Waals surface area contributed by atoms with Crippen LogP contribution in [0.15, 0.2) is 77.6 Å². The van der Waals surface area contributed by atoms with Crippen LogP contribution in [0.4, 0.5) is 0 Å². The molecule has 4 nitrogen and oxygen atoms in total. The first kappa shape index (κ1) is 18.6. The Balaban J connectivity index is 1.34. The molecular formula is C26H22N2O2S. The molecule has 0 N–H and O–H groups in total. The Kier molecular flexibility index (Phi) is 4.32. The summed E-state index contributed by atoms with van der Waals surface area (Å²) in [6, 6.07) is 24.0. The Morgan fingerprint density at radius 1 is 0.903 bits per heavy atom. The van der Waals surface area contributed by atoms with Crippen molar-refractivity contribution in [3.63, 3.8) is 0 Å². The number of piperidine rings is 1. The first-order valence-electron chi connectivity index (χ1n) is 10.7. The van der Waals surface area contributed by atoms with Gasteiger partial charge in [0, 0.05) is 46.4 Å². The van der Waals surface area contributed by atoms with Gasteiger partial charge in [0.05, 0.1) is 5.56 Å². The maximum absolute atomic E-state index is 13.4. The molecule has 4 heterocycles. The molecule has 31 heavy (non-hydrogen) atoms. The zero-order valence-electron chi connectivity index (χ0n) is 17.0. The predicted molar refractivity (Wildman–Crippen MR) is 125 cm³/mol. The van der Waals surface area contributed by atoms with E-state index in [1.165, 1.54) is 10.1 Å². The standard InChI is InChI=1S/C26H22N2O2S/c29-25(18-6-2-1-3-7-18)27-14-17-12-20(16-27)22-11-10-21(26(30)28(22)15-17)24-13-19-8-4-5-9-23(19)31-24/h1-11,13,17,20H,12,14-16H2/t17-,20-/m1/s1. The quantitative estimate of drug-likeness (QED) is 0.453. The average Bonchev–Trinajstić information content (AvgIpc) is 3.24. The number of fused-ring (bicyclic) bond motifs is 5. The molecule has 154 valence electrons. The number of aromatic nitrogens is 1. The Morgan fingerprint density at radius 2 is 1.71 bits per heavy atom. The number of pyridine rings is 1. The second kappa shape index (κ2) is 7.20. The van der Waals surface area contributed by atoms with E-state index in [2.05, 4.69) is 24.3 Å². The maximum atomic E-state index is 13.4. The van der Waals surface area contributed by atoms with Crippen LogP contribution in [0.1, 0.15) is 28.4 Å². The lowest BCUT2D eigenvalue weighted by Crippen LogP contribution is -2.49. The van der Waals surface area contributed by atoms with Gasteiger partial charge in [-0.15, -0.1) is 11.3 Å². The minimum Gasteiger partial charge on any atom is -0.338 e. The summed E-state index contributed by atoms with van der Waals surface area (Å²) in [6.07, 6.45) is 1.04. The van der Waals surface area contributed by atoms with Crippen molar-refractivity contribution in [2.45, 2.75) is 18.9 Å². The summed E-state index contributed by atoms with van der Waals surface area (Å²) in [5.41, 5.74) is 2.68. The largest absolute Gasteiger partial charge is 0.338 e. The molecule has 0 aliphatic carbocycles. The van der Waals surface area contributed by atoms with E-state index in [0.717, 1.165) is 28.1 Å². The molecule has 5 heteroatoms. The van der Waals surface area contributed by atoms with Gasteiger partial charge in [-0.25, -0.2) is 0 Å². The van der Waals surface area contributed by atoms with Crippen LogP contribution in [0.2, 0.25) is 0 Å². The van der Waals surface area contributed by atoms with Crippen molar-refractivity contribution in [3.8, 4) is 10.4 Å². The van der Waals surface area contributed by atoms with Gasteiger partial charge in [-0.1, -0.05) is 36.4 Å². The number of carbonyl (C=O) groups excluding carboxylic acids is 1. The van der Waals surface area contributed by atoms with Crippen molar-refractivity contribution in [1.82, 2.24) is 9.47 Å². The Bertz CT molecular complexity index is 1320. The molecule has 2 aromatic heterocycles. The third-order valence-electron chi connectivity index (χ3n) is 6.60. The van der Waals surface area contributed by atoms with Crippen LogP contribution in [0.3, 0.4) is 0 Å². The van der Waals surface area contributed by atoms with Gasteiger partial charge in [-0.05, 0) is 54.1 Å². The van der Waals surface area contributed by atoms with E-state index in [0.29, 0.717) is 25.6 Å². The summed E-state index contributed by atoms with van der Waals surface area (Å²) < 4.78 is 3.18. The van der Waals surface area contributed by atoms with Crippen LogP contribution in [0, 0.1) is 5.92 Å². The Morgan fingerprint density at radius 3 is 2.55 bits per heavy atom. The van der Waals surface area contributed by atoms with Gasteiger partial charge < -0.3 is 9.47 Å². The van der Waals surface area contributed by atoms with Crippen LogP contribution >= 0.6 is 11.3 Å². The lowest BCUT2D eigenvalue weighted by molar-refractivity contribution is 0.0594. The topological polar surface area (TPSA) is 42.3 Å². The average molecular weight is 427 g/mol. The van der Waals surface area contributed by atoms with Crippen molar-refractivity contribution in [1.29, 1.82) is 0 Å². The van der Waals surface area contributed by atoms with Gasteiger partial charge in [-0.2, -0.15) is 0 Å². The molecule has 6 rings (SSSR count). The monoisotopic (exact) mass is 426 g/mol. The van der Waals surface area contributed by atoms with Crippen LogP contribution in [-0.4, -0.2) is 28.5 Å². The van der Waals surface area contributed by atoms with Gasteiger partial charge >= 0.3 is 0 Å². The molecule has 2 aliphatic rings. The minimum atomic E-state index is 0.0907. The van der Waals surface area contributed by atoms with Gasteiger partial charge in [0.2, 0.25) is 0 Å². The molecule has 0 radical (unpaired) electrons. The Hall–Kier alpha value is -3.18. The number of hydrogen-bond donors (Lipinski definition) is 0. The van der Waals surface area contributed by atoms with Crippen LogP contribution in [0.25, 0.3) is 20.5 Å². The first-order chi connectivity index (χ1) is 15.2. The highest BCUT2D eigenvalue weighted by molar-refractivity contribution is 7.22. The van der Waals surface area contributed by atoms with E-state index in [1.807, 2.05) is 58.0 Å². The van der Waals surface area contributed by atoms with Gasteiger partial charge in [0.15, 0.2) is 0 Å². The second-order valence-corrected chi connectivity index (χ2v) is 9.69. The number of thiophene rings is 1. The molecule has 2 atom stereocenters. The van der Waals surface area contributed by atoms with Crippen LogP contribution in [-0.2, 0) is 6.54 Å². The van der Waals surface area contributed by atoms with Crippen molar-refractivity contribution in [2.24, 2.45) is 5.92 Å². The molecule has 2 aromatic carbocycles. The molecule has 2 bridgehead atoms. The highest BCUT2D eigenvalue weighted by Crippen LogP contribution is 2.37. The van der Waals surface area contributed by atoms with Crippen molar-refractivity contribution < 1.29 is 4.79 Å². The zero-order valence-corrected chi connectivity index (χ0v) is 17.8. The van der Waals surface area contributed by atoms with E-state index in [4.69, 9.17) is 0 Å². The molecule has 2 aliphatic heterocycles. The number of likely N-dealkylation sites (tertiary alicyclic amines) is 1. The summed E-state index contributed by atoms with van der Waals surface area (Å²) in [6.45, 7) is 2.07. The lowest BCUT2D eigenvalue weighted by atomic mass is 9.82. The van der Waals surface area contributed by atoms with E-state index < -0.39 is 0 Å². The summed E-state index contributed by atoms with van der Waals surface area (Å²) in [5, 5.41) is 1.18. The number of hydrogen-bond acceptors (Lipinski definition) is 3. The smallest absolute Gasteiger partial charge is 0.259 e. The normalized spacial score (nSPS) is 19.9. The third-order valence-corrected chi connectivity index (χ3v) is 7.75. The van der Waals surface area contributed by atoms with E-state index >= 15 is 0 Å². The third kappa shape index (κ3) is 3.12. The number of rotatable bonds is 2. The first-order valence-corrected chi connectivity index (χ1v) is 11.6. The van der Waals surface area contributed by atoms with E-state index in [9.17, 15) is 9.59 Å². The molecule has 0 unspecified atom stereocenters. The fourth-order valence-corrected chi connectivity index (χ4v) is 6.26. The molecule has 1 saturated heterocycles. The number of carbonyl (C=O) groups is 1. The lowest BCUT2D eigenvalue weighted by Gasteiger charge is -2.43. The number of benzene rings is 2. The number of nitrogens with zero attached hydrogens (tertiary/aromatic N) is 2. The molecule has 0 spiro atoms. The molecule has 0 saturated carbocycles. The fourth-order valence-electron chi connectivity index (χ4n) is 5.18. The Labute approximate surface area is 184 Å². The highest BCUT2D eigenvalue weighted by atomic mass is 32.1. The summed E-state index contributed by atoms with van der Waals surface area (Å²) >= 11 is 1.67. The zero-order chi connectivity index (χ0) is 20.9. The minimum absolute atomic E-state index is 0.0907. The van der Waals surface area contributed by atoms with E-state index in [1.54, 1.807) is 11.3 Å². The van der Waals surface area contributed by atoms with Gasteiger partial charge in [0.1, 0.15) is 0 Å². The summed E-state index contributed by atoms with van der Waals surface area (Å²) in [7, 11) is 0. The molecule has 1 fully saturated rings. The maximum Gasteiger partial charge on any atom is 0.259 e. The van der Waals surface area contributed by atoms with Crippen LogP contribution in [0.5, 0.6) is 0 Å². The van der Waals surface area contributed by atoms with Crippen molar-refractivity contribution in [3.05, 3.63) is 94.4 Å². The fraction of sp³-hybridized carbons (Fsp3) is 0.231. The van der Waals surface area contributed by atoms with Crippen LogP contribution < -0.4 is 5.56 Å². The molecular weight excluding hydrogens is 404 g/mol. The van der Waals surface area contributed by atoms with Crippen molar-refractivity contribution >= 4 is 27.3 Å². The highest BCUT2D eigenvalue weighted by Gasteiger charge is 2.37. The summed E-state index contributed by atoms with van der Waals surface area (Å²) in [4.78, 5) is 29.4. The van der Waals surface area contributed by atoms with Crippen molar-refractivity contribution in [2.75, 3.05) is 13.1 Å². The SMILES string of the molecule is O=C(c1ccccc1)N1C[C@H]2C[C@H](C1)c1ccc(-c3cc4ccccc4s3)c(=O)n1C2. The van der Waals surface area contributed by atoms with Gasteiger partial charge in [0.25, 0.3) is 11.5 Å². The second-order valence-electron chi connectivity index (χ2n) is 8.61.